The Morgan fingerprint density at radius 2 is 2.22 bits per heavy atom. The number of aliphatic hydroxyl groups is 1. The van der Waals surface area contributed by atoms with Crippen LogP contribution < -0.4 is 10.6 Å². The van der Waals surface area contributed by atoms with Crippen LogP contribution in [-0.2, 0) is 0 Å². The van der Waals surface area contributed by atoms with E-state index in [1.54, 1.807) is 0 Å². The summed E-state index contributed by atoms with van der Waals surface area (Å²) in [7, 11) is 0. The van der Waals surface area contributed by atoms with Gasteiger partial charge in [-0.1, -0.05) is 0 Å². The fourth-order valence-electron chi connectivity index (χ4n) is 2.31. The van der Waals surface area contributed by atoms with Crippen molar-refractivity contribution in [2.75, 3.05) is 24.6 Å². The molecular weight excluding hydrogens is 230 g/mol. The number of hydrogen-bond donors (Lipinski definition) is 3. The third-order valence-electron chi connectivity index (χ3n) is 3.55. The fraction of sp³-hybridized carbons (Fsp3) is 0.583. The summed E-state index contributed by atoms with van der Waals surface area (Å²) in [5, 5.41) is 25.2. The van der Waals surface area contributed by atoms with E-state index in [-0.39, 0.29) is 18.4 Å². The molecule has 0 spiro atoms. The number of amidine groups is 1. The molecule has 4 N–H and O–H groups in total. The van der Waals surface area contributed by atoms with E-state index < -0.39 is 0 Å². The van der Waals surface area contributed by atoms with Crippen molar-refractivity contribution in [3.05, 3.63) is 16.8 Å². The summed E-state index contributed by atoms with van der Waals surface area (Å²) in [4.78, 5) is 2.05. The predicted octanol–water partition coefficient (Wildman–Crippen LogP) is 0.196. The third-order valence-corrected chi connectivity index (χ3v) is 3.55. The Balaban J connectivity index is 2.39. The minimum atomic E-state index is 0.0212. The maximum Gasteiger partial charge on any atom is 0.162 e. The standard InChI is InChI=1S/C12H19N5O/c1-7-8(2)15-16-12(10(7)11(13)14)17-4-3-9(5-17)6-18/h9,18H,3-6H2,1-2H3,(H3,13,14). The molecule has 1 aromatic heterocycles. The molecule has 0 aromatic carbocycles. The van der Waals surface area contributed by atoms with Gasteiger partial charge in [-0.15, -0.1) is 5.10 Å². The van der Waals surface area contributed by atoms with Gasteiger partial charge >= 0.3 is 0 Å². The molecule has 18 heavy (non-hydrogen) atoms. The molecule has 2 rings (SSSR count). The topological polar surface area (TPSA) is 99.1 Å². The number of nitrogens with zero attached hydrogens (tertiary/aromatic N) is 3. The molecule has 0 amide bonds. The first-order valence-corrected chi connectivity index (χ1v) is 6.08. The number of hydrogen-bond acceptors (Lipinski definition) is 5. The van der Waals surface area contributed by atoms with Crippen LogP contribution in [0.2, 0.25) is 0 Å². The van der Waals surface area contributed by atoms with Gasteiger partial charge in [-0.05, 0) is 25.8 Å². The Labute approximate surface area is 106 Å². The summed E-state index contributed by atoms with van der Waals surface area (Å²) in [5.74, 6) is 0.961. The van der Waals surface area contributed by atoms with Crippen molar-refractivity contribution in [2.24, 2.45) is 11.7 Å². The smallest absolute Gasteiger partial charge is 0.162 e. The molecule has 1 aromatic rings. The third kappa shape index (κ3) is 2.15. The van der Waals surface area contributed by atoms with Gasteiger partial charge in [0.2, 0.25) is 0 Å². The van der Waals surface area contributed by atoms with Gasteiger partial charge in [0.05, 0.1) is 11.3 Å². The summed E-state index contributed by atoms with van der Waals surface area (Å²) in [6.07, 6.45) is 0.933. The first-order valence-electron chi connectivity index (χ1n) is 6.08. The van der Waals surface area contributed by atoms with Crippen molar-refractivity contribution in [1.29, 1.82) is 5.41 Å². The molecule has 1 aliphatic heterocycles. The molecule has 1 saturated heterocycles. The molecule has 0 radical (unpaired) electrons. The summed E-state index contributed by atoms with van der Waals surface area (Å²) in [5.41, 5.74) is 8.02. The molecule has 1 unspecified atom stereocenters. The number of nitrogens with two attached hydrogens (primary N) is 1. The lowest BCUT2D eigenvalue weighted by atomic mass is 10.1. The molecule has 6 heteroatoms. The van der Waals surface area contributed by atoms with Gasteiger partial charge in [0.1, 0.15) is 5.84 Å². The number of anilines is 1. The van der Waals surface area contributed by atoms with E-state index in [1.807, 2.05) is 13.8 Å². The highest BCUT2D eigenvalue weighted by Gasteiger charge is 2.26. The highest BCUT2D eigenvalue weighted by molar-refractivity contribution is 6.01. The second-order valence-electron chi connectivity index (χ2n) is 4.81. The van der Waals surface area contributed by atoms with E-state index in [0.29, 0.717) is 11.4 Å². The van der Waals surface area contributed by atoms with Crippen molar-refractivity contribution in [1.82, 2.24) is 10.2 Å². The number of aliphatic hydroxyl groups excluding tert-OH is 1. The SMILES string of the molecule is Cc1nnc(N2CCC(CO)C2)c(C(=N)N)c1C. The zero-order valence-corrected chi connectivity index (χ0v) is 10.8. The Morgan fingerprint density at radius 3 is 2.78 bits per heavy atom. The summed E-state index contributed by atoms with van der Waals surface area (Å²) >= 11 is 0. The van der Waals surface area contributed by atoms with Crippen molar-refractivity contribution in [2.45, 2.75) is 20.3 Å². The average Bonchev–Trinajstić information content (AvgIpc) is 2.80. The predicted molar refractivity (Wildman–Crippen MR) is 69.9 cm³/mol. The maximum absolute atomic E-state index is 9.18. The quantitative estimate of drug-likeness (QED) is 0.525. The number of nitrogens with one attached hydrogen (secondary N) is 1. The lowest BCUT2D eigenvalue weighted by molar-refractivity contribution is 0.238. The Hall–Kier alpha value is -1.69. The van der Waals surface area contributed by atoms with E-state index in [4.69, 9.17) is 11.1 Å². The van der Waals surface area contributed by atoms with E-state index >= 15 is 0 Å². The van der Waals surface area contributed by atoms with Crippen LogP contribution in [-0.4, -0.2) is 40.8 Å². The molecule has 0 aliphatic carbocycles. The molecule has 6 nitrogen and oxygen atoms in total. The molecule has 1 atom stereocenters. The fourth-order valence-corrected chi connectivity index (χ4v) is 2.31. The highest BCUT2D eigenvalue weighted by atomic mass is 16.3. The normalized spacial score (nSPS) is 19.3. The minimum absolute atomic E-state index is 0.0212. The zero-order valence-electron chi connectivity index (χ0n) is 10.8. The second-order valence-corrected chi connectivity index (χ2v) is 4.81. The van der Waals surface area contributed by atoms with E-state index in [0.717, 1.165) is 30.8 Å². The first kappa shape index (κ1) is 12.8. The van der Waals surface area contributed by atoms with E-state index in [9.17, 15) is 5.11 Å². The largest absolute Gasteiger partial charge is 0.396 e. The maximum atomic E-state index is 9.18. The Bertz CT molecular complexity index is 474. The van der Waals surface area contributed by atoms with Crippen molar-refractivity contribution >= 4 is 11.7 Å². The number of aromatic nitrogens is 2. The number of aryl methyl sites for hydroxylation is 1. The second kappa shape index (κ2) is 4.89. The van der Waals surface area contributed by atoms with Crippen LogP contribution in [0.3, 0.4) is 0 Å². The molecule has 0 bridgehead atoms. The minimum Gasteiger partial charge on any atom is -0.396 e. The number of nitrogen functional groups attached to an aromatic ring is 1. The monoisotopic (exact) mass is 249 g/mol. The summed E-state index contributed by atoms with van der Waals surface area (Å²) in [6, 6.07) is 0. The van der Waals surface area contributed by atoms with E-state index in [1.165, 1.54) is 0 Å². The van der Waals surface area contributed by atoms with Gasteiger partial charge in [-0.2, -0.15) is 5.10 Å². The summed E-state index contributed by atoms with van der Waals surface area (Å²) in [6.45, 7) is 5.52. The molecule has 98 valence electrons. The van der Waals surface area contributed by atoms with Gasteiger partial charge in [-0.25, -0.2) is 0 Å². The van der Waals surface area contributed by atoms with Gasteiger partial charge in [0.25, 0.3) is 0 Å². The lowest BCUT2D eigenvalue weighted by Gasteiger charge is -2.21. The number of rotatable bonds is 3. The zero-order chi connectivity index (χ0) is 13.3. The van der Waals surface area contributed by atoms with Gasteiger partial charge in [0.15, 0.2) is 5.82 Å². The van der Waals surface area contributed by atoms with Crippen molar-refractivity contribution in [3.63, 3.8) is 0 Å². The van der Waals surface area contributed by atoms with Crippen LogP contribution in [0.5, 0.6) is 0 Å². The van der Waals surface area contributed by atoms with Crippen LogP contribution in [0, 0.1) is 25.2 Å². The van der Waals surface area contributed by atoms with Gasteiger partial charge < -0.3 is 15.7 Å². The van der Waals surface area contributed by atoms with Crippen LogP contribution in [0.25, 0.3) is 0 Å². The van der Waals surface area contributed by atoms with Gasteiger partial charge in [0, 0.05) is 25.6 Å². The molecular formula is C12H19N5O. The van der Waals surface area contributed by atoms with Crippen molar-refractivity contribution < 1.29 is 5.11 Å². The van der Waals surface area contributed by atoms with Crippen LogP contribution >= 0.6 is 0 Å². The average molecular weight is 249 g/mol. The molecule has 0 saturated carbocycles. The van der Waals surface area contributed by atoms with Crippen LogP contribution in [0.15, 0.2) is 0 Å². The first-order chi connectivity index (χ1) is 8.54. The molecule has 1 fully saturated rings. The highest BCUT2D eigenvalue weighted by Crippen LogP contribution is 2.26. The van der Waals surface area contributed by atoms with Crippen LogP contribution in [0.1, 0.15) is 23.2 Å². The molecule has 2 heterocycles. The van der Waals surface area contributed by atoms with Gasteiger partial charge in [-0.3, -0.25) is 5.41 Å². The van der Waals surface area contributed by atoms with E-state index in [2.05, 4.69) is 15.1 Å². The Kier molecular flexibility index (Phi) is 3.47. The summed E-state index contributed by atoms with van der Waals surface area (Å²) < 4.78 is 0. The van der Waals surface area contributed by atoms with Crippen LogP contribution in [0.4, 0.5) is 5.82 Å². The Morgan fingerprint density at radius 1 is 1.50 bits per heavy atom. The van der Waals surface area contributed by atoms with Crippen molar-refractivity contribution in [3.8, 4) is 0 Å². The molecule has 1 aliphatic rings. The lowest BCUT2D eigenvalue weighted by Crippen LogP contribution is -2.27.